The first-order valence-electron chi connectivity index (χ1n) is 5.26. The Kier molecular flexibility index (Phi) is 3.50. The molecule has 2 rings (SSSR count). The largest absolute Gasteiger partial charge is 0.462 e. The van der Waals surface area contributed by atoms with E-state index in [4.69, 9.17) is 9.88 Å². The quantitative estimate of drug-likeness (QED) is 0.832. The van der Waals surface area contributed by atoms with Gasteiger partial charge in [-0.1, -0.05) is 0 Å². The predicted octanol–water partition coefficient (Wildman–Crippen LogP) is 1.03. The lowest BCUT2D eigenvalue weighted by Crippen LogP contribution is -2.25. The molecule has 0 spiro atoms. The van der Waals surface area contributed by atoms with Crippen LogP contribution in [0.5, 0.6) is 0 Å². The molecule has 0 aliphatic heterocycles. The Hall–Kier alpha value is -0.920. The number of ether oxygens (including phenoxy) is 1. The van der Waals surface area contributed by atoms with Gasteiger partial charge in [0.25, 0.3) is 0 Å². The maximum absolute atomic E-state index is 11.5. The Bertz CT molecular complexity index is 516. The lowest BCUT2D eigenvalue weighted by Gasteiger charge is -2.24. The van der Waals surface area contributed by atoms with E-state index in [1.54, 1.807) is 6.07 Å². The Morgan fingerprint density at radius 2 is 2.18 bits per heavy atom. The van der Waals surface area contributed by atoms with E-state index in [1.165, 1.54) is 6.07 Å². The standard InChI is InChI=1S/C10H13NO4S2/c11-17(13,14)10-5-4-8(16-10)6-9(12)15-7-2-1-3-7/h4-5,7H,1-3,6H2,(H2,11,13,14). The molecule has 94 valence electrons. The molecule has 0 bridgehead atoms. The maximum Gasteiger partial charge on any atom is 0.311 e. The SMILES string of the molecule is NS(=O)(=O)c1ccc(CC(=O)OC2CCC2)s1. The summed E-state index contributed by atoms with van der Waals surface area (Å²) < 4.78 is 27.3. The number of carbonyl (C=O) groups excluding carboxylic acids is 1. The van der Waals surface area contributed by atoms with Gasteiger partial charge in [0.15, 0.2) is 0 Å². The van der Waals surface area contributed by atoms with Crippen molar-refractivity contribution in [2.75, 3.05) is 0 Å². The molecule has 0 unspecified atom stereocenters. The highest BCUT2D eigenvalue weighted by Crippen LogP contribution is 2.24. The van der Waals surface area contributed by atoms with Crippen molar-refractivity contribution in [1.82, 2.24) is 0 Å². The molecule has 1 saturated carbocycles. The highest BCUT2D eigenvalue weighted by atomic mass is 32.2. The van der Waals surface area contributed by atoms with Crippen LogP contribution in [0.4, 0.5) is 0 Å². The molecule has 0 saturated heterocycles. The zero-order valence-corrected chi connectivity index (χ0v) is 10.7. The average molecular weight is 275 g/mol. The summed E-state index contributed by atoms with van der Waals surface area (Å²) in [5.74, 6) is -0.308. The monoisotopic (exact) mass is 275 g/mol. The van der Waals surface area contributed by atoms with E-state index < -0.39 is 10.0 Å². The fraction of sp³-hybridized carbons (Fsp3) is 0.500. The zero-order valence-electron chi connectivity index (χ0n) is 9.09. The molecule has 1 aliphatic rings. The summed E-state index contributed by atoms with van der Waals surface area (Å²) in [6, 6.07) is 3.00. The zero-order chi connectivity index (χ0) is 12.5. The molecule has 17 heavy (non-hydrogen) atoms. The molecule has 1 fully saturated rings. The maximum atomic E-state index is 11.5. The van der Waals surface area contributed by atoms with Gasteiger partial charge in [0, 0.05) is 4.88 Å². The van der Waals surface area contributed by atoms with Crippen molar-refractivity contribution in [3.63, 3.8) is 0 Å². The molecule has 1 heterocycles. The fourth-order valence-electron chi connectivity index (χ4n) is 1.46. The van der Waals surface area contributed by atoms with E-state index >= 15 is 0 Å². The molecular formula is C10H13NO4S2. The van der Waals surface area contributed by atoms with Crippen LogP contribution in [-0.2, 0) is 26.0 Å². The van der Waals surface area contributed by atoms with Crippen molar-refractivity contribution in [3.05, 3.63) is 17.0 Å². The van der Waals surface area contributed by atoms with Gasteiger partial charge in [0.1, 0.15) is 10.3 Å². The number of esters is 1. The normalized spacial score (nSPS) is 16.5. The van der Waals surface area contributed by atoms with Gasteiger partial charge < -0.3 is 4.74 Å². The minimum atomic E-state index is -3.67. The molecule has 0 amide bonds. The third-order valence-electron chi connectivity index (χ3n) is 2.59. The van der Waals surface area contributed by atoms with E-state index in [-0.39, 0.29) is 22.7 Å². The van der Waals surface area contributed by atoms with Crippen LogP contribution in [0.2, 0.25) is 0 Å². The molecule has 7 heteroatoms. The third kappa shape index (κ3) is 3.27. The molecule has 1 aromatic rings. The van der Waals surface area contributed by atoms with Crippen LogP contribution in [0.15, 0.2) is 16.3 Å². The van der Waals surface area contributed by atoms with Crippen molar-refractivity contribution >= 4 is 27.3 Å². The number of rotatable bonds is 4. The van der Waals surface area contributed by atoms with Gasteiger partial charge in [-0.15, -0.1) is 11.3 Å². The Labute approximate surface area is 104 Å². The summed E-state index contributed by atoms with van der Waals surface area (Å²) in [6.07, 6.45) is 3.13. The number of thiophene rings is 1. The minimum absolute atomic E-state index is 0.0557. The first-order valence-corrected chi connectivity index (χ1v) is 7.62. The number of sulfonamides is 1. The van der Waals surface area contributed by atoms with Gasteiger partial charge in [-0.05, 0) is 31.4 Å². The topological polar surface area (TPSA) is 86.5 Å². The first kappa shape index (κ1) is 12.5. The third-order valence-corrected chi connectivity index (χ3v) is 5.11. The molecule has 0 aromatic carbocycles. The second-order valence-corrected chi connectivity index (χ2v) is 6.94. The lowest BCUT2D eigenvalue weighted by molar-refractivity contribution is -0.151. The van der Waals surface area contributed by atoms with Gasteiger partial charge in [0.2, 0.25) is 10.0 Å². The van der Waals surface area contributed by atoms with E-state index in [1.807, 2.05) is 0 Å². The van der Waals surface area contributed by atoms with E-state index in [2.05, 4.69) is 0 Å². The highest BCUT2D eigenvalue weighted by Gasteiger charge is 2.22. The van der Waals surface area contributed by atoms with E-state index in [0.717, 1.165) is 30.6 Å². The van der Waals surface area contributed by atoms with Crippen LogP contribution in [0.1, 0.15) is 24.1 Å². The van der Waals surface area contributed by atoms with Crippen molar-refractivity contribution in [2.24, 2.45) is 5.14 Å². The number of nitrogens with two attached hydrogens (primary N) is 1. The molecule has 1 aliphatic carbocycles. The second kappa shape index (κ2) is 4.75. The Morgan fingerprint density at radius 1 is 1.47 bits per heavy atom. The van der Waals surface area contributed by atoms with Gasteiger partial charge in [-0.2, -0.15) is 0 Å². The summed E-state index contributed by atoms with van der Waals surface area (Å²) in [6.45, 7) is 0. The lowest BCUT2D eigenvalue weighted by atomic mass is 9.96. The Morgan fingerprint density at radius 3 is 2.65 bits per heavy atom. The van der Waals surface area contributed by atoms with Gasteiger partial charge in [0.05, 0.1) is 6.42 Å². The smallest absolute Gasteiger partial charge is 0.311 e. The average Bonchev–Trinajstić information content (AvgIpc) is 2.59. The second-order valence-electron chi connectivity index (χ2n) is 3.99. The number of hydrogen-bond acceptors (Lipinski definition) is 5. The highest BCUT2D eigenvalue weighted by molar-refractivity contribution is 7.91. The van der Waals surface area contributed by atoms with Crippen LogP contribution in [0, 0.1) is 0 Å². The first-order chi connectivity index (χ1) is 7.95. The summed E-state index contributed by atoms with van der Waals surface area (Å²) in [5.41, 5.74) is 0. The van der Waals surface area contributed by atoms with Crippen molar-refractivity contribution in [1.29, 1.82) is 0 Å². The molecular weight excluding hydrogens is 262 g/mol. The number of carbonyl (C=O) groups is 1. The molecule has 2 N–H and O–H groups in total. The summed E-state index contributed by atoms with van der Waals surface area (Å²) in [5, 5.41) is 4.98. The van der Waals surface area contributed by atoms with Crippen LogP contribution >= 0.6 is 11.3 Å². The molecule has 0 atom stereocenters. The van der Waals surface area contributed by atoms with E-state index in [9.17, 15) is 13.2 Å². The summed E-state index contributed by atoms with van der Waals surface area (Å²) in [7, 11) is -3.67. The van der Waals surface area contributed by atoms with Crippen molar-refractivity contribution < 1.29 is 17.9 Å². The number of hydrogen-bond donors (Lipinski definition) is 1. The molecule has 5 nitrogen and oxygen atoms in total. The van der Waals surface area contributed by atoms with Crippen LogP contribution in [0.3, 0.4) is 0 Å². The van der Waals surface area contributed by atoms with Gasteiger partial charge in [-0.3, -0.25) is 4.79 Å². The van der Waals surface area contributed by atoms with Gasteiger partial charge in [-0.25, -0.2) is 13.6 Å². The van der Waals surface area contributed by atoms with Crippen molar-refractivity contribution in [3.8, 4) is 0 Å². The molecule has 1 aromatic heterocycles. The molecule has 0 radical (unpaired) electrons. The fourth-order valence-corrected chi connectivity index (χ4v) is 3.23. The van der Waals surface area contributed by atoms with Crippen LogP contribution in [0.25, 0.3) is 0 Å². The van der Waals surface area contributed by atoms with Gasteiger partial charge >= 0.3 is 5.97 Å². The summed E-state index contributed by atoms with van der Waals surface area (Å²) in [4.78, 5) is 12.1. The summed E-state index contributed by atoms with van der Waals surface area (Å²) >= 11 is 1.01. The van der Waals surface area contributed by atoms with Crippen LogP contribution in [-0.4, -0.2) is 20.5 Å². The predicted molar refractivity (Wildman–Crippen MR) is 63.1 cm³/mol. The number of primary sulfonamides is 1. The minimum Gasteiger partial charge on any atom is -0.462 e. The van der Waals surface area contributed by atoms with Crippen molar-refractivity contribution in [2.45, 2.75) is 36.0 Å². The van der Waals surface area contributed by atoms with Crippen LogP contribution < -0.4 is 5.14 Å². The van der Waals surface area contributed by atoms with E-state index in [0.29, 0.717) is 4.88 Å². The Balaban J connectivity index is 1.94.